The fraction of sp³-hybridized carbons (Fsp3) is 0.385. The first-order valence-corrected chi connectivity index (χ1v) is 6.85. The van der Waals surface area contributed by atoms with E-state index in [0.29, 0.717) is 5.92 Å². The molecule has 0 unspecified atom stereocenters. The summed E-state index contributed by atoms with van der Waals surface area (Å²) in [5, 5.41) is 9.13. The zero-order valence-corrected chi connectivity index (χ0v) is 11.4. The van der Waals surface area contributed by atoms with Crippen LogP contribution in [-0.2, 0) is 11.3 Å². The molecule has 2 rings (SSSR count). The molecule has 1 N–H and O–H groups in total. The molecule has 2 aromatic heterocycles. The van der Waals surface area contributed by atoms with E-state index in [1.807, 2.05) is 17.5 Å². The van der Waals surface area contributed by atoms with Gasteiger partial charge in [0.15, 0.2) is 0 Å². The number of aromatic nitrogens is 2. The molecule has 1 amide bonds. The lowest BCUT2D eigenvalue weighted by molar-refractivity contribution is -0.122. The number of nitrogens with one attached hydrogen (secondary N) is 1. The number of thiophene rings is 1. The van der Waals surface area contributed by atoms with Crippen molar-refractivity contribution in [2.75, 3.05) is 0 Å². The maximum atomic E-state index is 12.0. The van der Waals surface area contributed by atoms with Gasteiger partial charge in [-0.15, -0.1) is 11.3 Å². The second-order valence-electron chi connectivity index (χ2n) is 4.51. The maximum Gasteiger partial charge on any atom is 0.242 e. The van der Waals surface area contributed by atoms with Gasteiger partial charge in [-0.25, -0.2) is 0 Å². The maximum absolute atomic E-state index is 12.0. The topological polar surface area (TPSA) is 46.9 Å². The van der Waals surface area contributed by atoms with Crippen molar-refractivity contribution in [1.82, 2.24) is 15.1 Å². The van der Waals surface area contributed by atoms with Crippen LogP contribution in [0.2, 0.25) is 0 Å². The second kappa shape index (κ2) is 5.82. The molecule has 0 spiro atoms. The highest BCUT2D eigenvalue weighted by Crippen LogP contribution is 2.25. The van der Waals surface area contributed by atoms with Gasteiger partial charge in [-0.05, 0) is 23.4 Å². The van der Waals surface area contributed by atoms with Crippen molar-refractivity contribution in [3.8, 4) is 0 Å². The zero-order valence-electron chi connectivity index (χ0n) is 10.5. The third-order valence-corrected chi connectivity index (χ3v) is 3.65. The molecule has 2 heterocycles. The smallest absolute Gasteiger partial charge is 0.242 e. The van der Waals surface area contributed by atoms with Crippen LogP contribution >= 0.6 is 11.3 Å². The van der Waals surface area contributed by atoms with Crippen molar-refractivity contribution in [2.45, 2.75) is 26.4 Å². The number of carbonyl (C=O) groups excluding carboxylic acids is 1. The molecule has 18 heavy (non-hydrogen) atoms. The molecule has 0 fully saturated rings. The average molecular weight is 263 g/mol. The Labute approximate surface area is 111 Å². The lowest BCUT2D eigenvalue weighted by Crippen LogP contribution is -2.33. The third kappa shape index (κ3) is 3.20. The van der Waals surface area contributed by atoms with Crippen LogP contribution in [0, 0.1) is 5.92 Å². The standard InChI is InChI=1S/C13H17N3OS/c1-10(2)13(11-5-3-8-18-11)15-12(17)9-16-7-4-6-14-16/h3-8,10,13H,9H2,1-2H3,(H,15,17)/t13-/m0/s1. The van der Waals surface area contributed by atoms with Crippen molar-refractivity contribution in [1.29, 1.82) is 0 Å². The molecule has 0 aromatic carbocycles. The average Bonchev–Trinajstić information content (AvgIpc) is 2.97. The molecule has 5 heteroatoms. The summed E-state index contributed by atoms with van der Waals surface area (Å²) < 4.78 is 1.63. The molecule has 0 saturated heterocycles. The minimum absolute atomic E-state index is 0.00852. The molecule has 0 aliphatic rings. The van der Waals surface area contributed by atoms with E-state index in [-0.39, 0.29) is 18.5 Å². The van der Waals surface area contributed by atoms with Gasteiger partial charge in [0.25, 0.3) is 0 Å². The van der Waals surface area contributed by atoms with E-state index in [1.165, 1.54) is 4.88 Å². The molecule has 1 atom stereocenters. The monoisotopic (exact) mass is 263 g/mol. The van der Waals surface area contributed by atoms with Gasteiger partial charge in [-0.3, -0.25) is 9.48 Å². The van der Waals surface area contributed by atoms with E-state index < -0.39 is 0 Å². The van der Waals surface area contributed by atoms with Gasteiger partial charge in [-0.1, -0.05) is 19.9 Å². The third-order valence-electron chi connectivity index (χ3n) is 2.70. The molecule has 0 radical (unpaired) electrons. The summed E-state index contributed by atoms with van der Waals surface area (Å²) in [7, 11) is 0. The normalized spacial score (nSPS) is 12.6. The predicted molar refractivity (Wildman–Crippen MR) is 72.3 cm³/mol. The Morgan fingerprint density at radius 3 is 2.89 bits per heavy atom. The van der Waals surface area contributed by atoms with Crippen molar-refractivity contribution in [3.63, 3.8) is 0 Å². The Kier molecular flexibility index (Phi) is 4.15. The summed E-state index contributed by atoms with van der Waals surface area (Å²) in [5.41, 5.74) is 0. The largest absolute Gasteiger partial charge is 0.347 e. The number of carbonyl (C=O) groups is 1. The van der Waals surface area contributed by atoms with Crippen molar-refractivity contribution < 1.29 is 4.79 Å². The molecule has 0 bridgehead atoms. The second-order valence-corrected chi connectivity index (χ2v) is 5.49. The van der Waals surface area contributed by atoms with Crippen LogP contribution in [0.1, 0.15) is 24.8 Å². The SMILES string of the molecule is CC(C)[C@H](NC(=O)Cn1cccn1)c1cccs1. The summed E-state index contributed by atoms with van der Waals surface area (Å²) in [6.07, 6.45) is 3.46. The zero-order chi connectivity index (χ0) is 13.0. The molecule has 4 nitrogen and oxygen atoms in total. The number of hydrogen-bond acceptors (Lipinski definition) is 3. The minimum Gasteiger partial charge on any atom is -0.347 e. The first-order valence-electron chi connectivity index (χ1n) is 5.97. The van der Waals surface area contributed by atoms with E-state index in [2.05, 4.69) is 30.3 Å². The summed E-state index contributed by atoms with van der Waals surface area (Å²) in [6.45, 7) is 4.48. The summed E-state index contributed by atoms with van der Waals surface area (Å²) >= 11 is 1.67. The minimum atomic E-state index is -0.00852. The number of hydrogen-bond donors (Lipinski definition) is 1. The Bertz CT molecular complexity index is 476. The van der Waals surface area contributed by atoms with Gasteiger partial charge < -0.3 is 5.32 Å². The Morgan fingerprint density at radius 1 is 1.50 bits per heavy atom. The number of amides is 1. The Hall–Kier alpha value is -1.62. The number of nitrogens with zero attached hydrogens (tertiary/aromatic N) is 2. The van der Waals surface area contributed by atoms with Gasteiger partial charge in [0.05, 0.1) is 6.04 Å². The Balaban J connectivity index is 1.99. The van der Waals surface area contributed by atoms with E-state index in [9.17, 15) is 4.79 Å². The lowest BCUT2D eigenvalue weighted by atomic mass is 10.0. The van der Waals surface area contributed by atoms with Crippen LogP contribution in [-0.4, -0.2) is 15.7 Å². The highest BCUT2D eigenvalue weighted by atomic mass is 32.1. The van der Waals surface area contributed by atoms with Gasteiger partial charge in [0.1, 0.15) is 6.54 Å². The first-order chi connectivity index (χ1) is 8.66. The Morgan fingerprint density at radius 2 is 2.33 bits per heavy atom. The van der Waals surface area contributed by atoms with Crippen molar-refractivity contribution in [3.05, 3.63) is 40.8 Å². The molecular weight excluding hydrogens is 246 g/mol. The van der Waals surface area contributed by atoms with Gasteiger partial charge >= 0.3 is 0 Å². The fourth-order valence-electron chi connectivity index (χ4n) is 1.79. The first kappa shape index (κ1) is 12.8. The highest BCUT2D eigenvalue weighted by Gasteiger charge is 2.19. The van der Waals surface area contributed by atoms with Crippen molar-refractivity contribution >= 4 is 17.2 Å². The van der Waals surface area contributed by atoms with Crippen LogP contribution < -0.4 is 5.32 Å². The van der Waals surface area contributed by atoms with E-state index in [4.69, 9.17) is 0 Å². The molecule has 0 aliphatic carbocycles. The van der Waals surface area contributed by atoms with Crippen molar-refractivity contribution in [2.24, 2.45) is 5.92 Å². The summed E-state index contributed by atoms with van der Waals surface area (Å²) in [4.78, 5) is 13.1. The van der Waals surface area contributed by atoms with E-state index >= 15 is 0 Å². The van der Waals surface area contributed by atoms with Gasteiger partial charge in [0.2, 0.25) is 5.91 Å². The van der Waals surface area contributed by atoms with Crippen LogP contribution in [0.15, 0.2) is 36.0 Å². The van der Waals surface area contributed by atoms with E-state index in [1.54, 1.807) is 28.4 Å². The summed E-state index contributed by atoms with van der Waals surface area (Å²) in [5.74, 6) is 0.357. The van der Waals surface area contributed by atoms with Gasteiger partial charge in [0, 0.05) is 17.3 Å². The van der Waals surface area contributed by atoms with Crippen LogP contribution in [0.4, 0.5) is 0 Å². The molecular formula is C13H17N3OS. The fourth-order valence-corrected chi connectivity index (χ4v) is 2.74. The molecule has 0 saturated carbocycles. The number of rotatable bonds is 5. The quantitative estimate of drug-likeness (QED) is 0.900. The summed E-state index contributed by atoms with van der Waals surface area (Å²) in [6, 6.07) is 5.96. The van der Waals surface area contributed by atoms with Crippen LogP contribution in [0.3, 0.4) is 0 Å². The molecule has 2 aromatic rings. The molecule has 0 aliphatic heterocycles. The van der Waals surface area contributed by atoms with Crippen LogP contribution in [0.25, 0.3) is 0 Å². The lowest BCUT2D eigenvalue weighted by Gasteiger charge is -2.21. The van der Waals surface area contributed by atoms with Crippen LogP contribution in [0.5, 0.6) is 0 Å². The van der Waals surface area contributed by atoms with E-state index in [0.717, 1.165) is 0 Å². The highest BCUT2D eigenvalue weighted by molar-refractivity contribution is 7.10. The molecule has 96 valence electrons. The van der Waals surface area contributed by atoms with Gasteiger partial charge in [-0.2, -0.15) is 5.10 Å². The predicted octanol–water partition coefficient (Wildman–Crippen LogP) is 2.46.